The van der Waals surface area contributed by atoms with Gasteiger partial charge in [-0.2, -0.15) is 13.2 Å². The Bertz CT molecular complexity index is 4000. The standard InChI is InChI=1S/C74H97F3N10O9S4/c1-8-72-46-73(47-72,48-72)60-41-71(6,7)28-26-54(60)43-85-35-37-86(38-36-85)56-22-20-53(21-23-56)67(90)82-100(95,96)59-24-25-61(63(40-59)99(93,94)74(75,76)77)80-55(45-97-58-13-10-9-11-14-58)27-30-84-33-31-83(32-34-84)29-12-15-64(89)81-66(70(3,4)5)69(92)87-44-57(88)39-62(87)68(91)78-42-51-16-18-52(19-17-51)65-50(2)79-49-98-65/h9-11,13-14,16-25,40,49,55,57,62,66,80,88H,8,12,15,26-39,41-48H2,1-7H3,(H,78,91)(H,81,89)(H,82,90)/t55-,57-,62+,66-,72?,73?/m1/s1. The zero-order valence-corrected chi connectivity index (χ0v) is 61.7. The van der Waals surface area contributed by atoms with Gasteiger partial charge in [0.25, 0.3) is 25.8 Å². The Morgan fingerprint density at radius 2 is 1.49 bits per heavy atom. The Hall–Kier alpha value is -6.39. The van der Waals surface area contributed by atoms with Crippen molar-refractivity contribution in [3.63, 3.8) is 0 Å². The number of nitrogens with zero attached hydrogens (tertiary/aromatic N) is 6. The lowest BCUT2D eigenvalue weighted by atomic mass is 9.31. The number of carbonyl (C=O) groups excluding carboxylic acids is 4. The summed E-state index contributed by atoms with van der Waals surface area (Å²) < 4.78 is 100. The number of likely N-dealkylation sites (tertiary alicyclic amines) is 1. The van der Waals surface area contributed by atoms with Gasteiger partial charge in [-0.3, -0.25) is 24.1 Å². The molecule has 0 spiro atoms. The zero-order chi connectivity index (χ0) is 71.6. The molecule has 4 amide bonds. The quantitative estimate of drug-likeness (QED) is 0.0243. The number of rotatable bonds is 27. The van der Waals surface area contributed by atoms with Crippen LogP contribution in [0.2, 0.25) is 0 Å². The lowest BCUT2D eigenvalue weighted by Gasteiger charge is -2.73. The van der Waals surface area contributed by atoms with Crippen LogP contribution in [0, 0.1) is 28.6 Å². The van der Waals surface area contributed by atoms with Gasteiger partial charge < -0.3 is 40.7 Å². The fourth-order valence-corrected chi connectivity index (χ4v) is 19.4. The summed E-state index contributed by atoms with van der Waals surface area (Å²) >= 11 is 2.97. The molecule has 4 heterocycles. The maximum absolute atomic E-state index is 14.6. The van der Waals surface area contributed by atoms with Gasteiger partial charge >= 0.3 is 5.51 Å². The van der Waals surface area contributed by atoms with Crippen molar-refractivity contribution in [3.8, 4) is 10.4 Å². The highest BCUT2D eigenvalue weighted by Crippen LogP contribution is 2.79. The minimum Gasteiger partial charge on any atom is -0.391 e. The Labute approximate surface area is 595 Å². The summed E-state index contributed by atoms with van der Waals surface area (Å²) in [6.45, 7) is 22.6. The molecule has 4 atom stereocenters. The third-order valence-electron chi connectivity index (χ3n) is 21.5. The normalized spacial score (nSPS) is 22.9. The third-order valence-corrected chi connectivity index (χ3v) is 26.5. The number of benzene rings is 4. The van der Waals surface area contributed by atoms with Crippen LogP contribution in [0.3, 0.4) is 0 Å². The topological polar surface area (TPSA) is 234 Å². The van der Waals surface area contributed by atoms with E-state index in [1.165, 1.54) is 67.3 Å². The van der Waals surface area contributed by atoms with Crippen LogP contribution in [0.4, 0.5) is 24.5 Å². The van der Waals surface area contributed by atoms with Gasteiger partial charge in [-0.1, -0.05) is 102 Å². The highest BCUT2D eigenvalue weighted by atomic mass is 32.2. The molecule has 3 aliphatic heterocycles. The minimum absolute atomic E-state index is 0.00980. The predicted octanol–water partition coefficient (Wildman–Crippen LogP) is 10.9. The molecule has 4 aromatic carbocycles. The number of hydrogen-bond donors (Lipinski definition) is 5. The van der Waals surface area contributed by atoms with E-state index in [0.717, 1.165) is 83.6 Å². The first kappa shape index (κ1) is 74.8. The molecule has 542 valence electrons. The molecule has 0 radical (unpaired) electrons. The number of amides is 4. The largest absolute Gasteiger partial charge is 0.501 e. The molecule has 26 heteroatoms. The third kappa shape index (κ3) is 17.5. The molecule has 3 saturated carbocycles. The van der Waals surface area contributed by atoms with Gasteiger partial charge in [0.2, 0.25) is 17.7 Å². The summed E-state index contributed by atoms with van der Waals surface area (Å²) in [5.74, 6) is -1.92. The number of piperazine rings is 2. The molecule has 1 aromatic heterocycles. The SMILES string of the molecule is CCC12CC(C3=C(CN4CCN(c5ccc(C(=O)NS(=O)(=O)c6ccc(N[C@H](CCN7CCN(CCCC(=O)N[C@H](C(=O)N8C[C@H](O)C[C@H]8C(=O)NCc8ccc(-c9scnc9C)cc8)C(C)(C)C)CC7)CSc7ccccc7)c(S(=O)(=O)C(F)(F)F)c6)cc5)CC4)CCC(C)(C)C3)(C1)C2. The molecular weight excluding hydrogens is 1360 g/mol. The van der Waals surface area contributed by atoms with Crippen LogP contribution in [0.15, 0.2) is 128 Å². The molecule has 0 unspecified atom stereocenters. The fourth-order valence-electron chi connectivity index (χ4n) is 15.6. The number of thioether (sulfide) groups is 1. The van der Waals surface area contributed by atoms with Gasteiger partial charge in [0.05, 0.1) is 32.8 Å². The van der Waals surface area contributed by atoms with Gasteiger partial charge in [0, 0.05) is 119 Å². The van der Waals surface area contributed by atoms with Crippen molar-refractivity contribution < 1.29 is 54.3 Å². The number of sulfonamides is 1. The Balaban J connectivity index is 0.662. The van der Waals surface area contributed by atoms with Gasteiger partial charge in [-0.25, -0.2) is 26.5 Å². The summed E-state index contributed by atoms with van der Waals surface area (Å²) in [6.07, 6.45) is 8.95. The number of aryl methyl sites for hydroxylation is 1. The van der Waals surface area contributed by atoms with Crippen molar-refractivity contribution in [2.45, 2.75) is 170 Å². The van der Waals surface area contributed by atoms with Crippen molar-refractivity contribution in [3.05, 3.63) is 131 Å². The maximum Gasteiger partial charge on any atom is 0.501 e. The number of hydrogen-bond acceptors (Lipinski definition) is 17. The monoisotopic (exact) mass is 1450 g/mol. The molecular formula is C74H97F3N10O9S4. The van der Waals surface area contributed by atoms with Crippen molar-refractivity contribution in [2.75, 3.05) is 94.5 Å². The van der Waals surface area contributed by atoms with Crippen LogP contribution >= 0.6 is 23.1 Å². The van der Waals surface area contributed by atoms with Gasteiger partial charge in [-0.05, 0) is 152 Å². The van der Waals surface area contributed by atoms with E-state index < -0.39 is 88.2 Å². The first-order chi connectivity index (χ1) is 47.3. The van der Waals surface area contributed by atoms with Crippen molar-refractivity contribution in [1.82, 2.24) is 39.9 Å². The van der Waals surface area contributed by atoms with Crippen molar-refractivity contribution in [1.29, 1.82) is 0 Å². The van der Waals surface area contributed by atoms with E-state index in [1.54, 1.807) is 40.1 Å². The van der Waals surface area contributed by atoms with Gasteiger partial charge in [-0.15, -0.1) is 23.1 Å². The second-order valence-corrected chi connectivity index (χ2v) is 36.0. The van der Waals surface area contributed by atoms with Gasteiger partial charge in [0.15, 0.2) is 0 Å². The molecule has 5 N–H and O–H groups in total. The van der Waals surface area contributed by atoms with Crippen LogP contribution in [0.25, 0.3) is 10.4 Å². The molecule has 4 aliphatic carbocycles. The number of halogens is 3. The van der Waals surface area contributed by atoms with Crippen LogP contribution in [0.1, 0.15) is 134 Å². The summed E-state index contributed by atoms with van der Waals surface area (Å²) in [5, 5.41) is 19.7. The number of aliphatic hydroxyl groups excluding tert-OH is 1. The first-order valence-corrected chi connectivity index (χ1v) is 39.9. The molecule has 19 nitrogen and oxygen atoms in total. The smallest absolute Gasteiger partial charge is 0.391 e. The van der Waals surface area contributed by atoms with Crippen molar-refractivity contribution in [2.24, 2.45) is 21.7 Å². The number of nitrogens with one attached hydrogen (secondary N) is 4. The number of aliphatic hydroxyl groups is 1. The van der Waals surface area contributed by atoms with E-state index in [2.05, 4.69) is 61.3 Å². The molecule has 7 aliphatic rings. The Morgan fingerprint density at radius 1 is 0.830 bits per heavy atom. The average Bonchev–Trinajstić information content (AvgIpc) is 0.724. The predicted molar refractivity (Wildman–Crippen MR) is 386 cm³/mol. The number of alkyl halides is 3. The van der Waals surface area contributed by atoms with E-state index in [-0.39, 0.29) is 37.4 Å². The highest BCUT2D eigenvalue weighted by molar-refractivity contribution is 7.99. The van der Waals surface area contributed by atoms with Gasteiger partial charge in [0.1, 0.15) is 17.0 Å². The number of sulfone groups is 1. The fraction of sp³-hybridized carbons (Fsp3) is 0.554. The number of β-amino-alcohol motifs (C(OH)–C–C–N with tert-alkyl or cyclic N) is 1. The summed E-state index contributed by atoms with van der Waals surface area (Å²) in [6, 6.07) is 23.5. The molecule has 100 heavy (non-hydrogen) atoms. The molecule has 5 aromatic rings. The van der Waals surface area contributed by atoms with Crippen LogP contribution in [-0.2, 0) is 40.8 Å². The van der Waals surface area contributed by atoms with E-state index in [9.17, 15) is 54.3 Å². The van der Waals surface area contributed by atoms with Crippen LogP contribution in [0.5, 0.6) is 0 Å². The van der Waals surface area contributed by atoms with Crippen molar-refractivity contribution >= 4 is 78.0 Å². The summed E-state index contributed by atoms with van der Waals surface area (Å²) in [4.78, 5) is 69.9. The van der Waals surface area contributed by atoms with Crippen LogP contribution < -0.4 is 25.6 Å². The maximum atomic E-state index is 14.6. The lowest BCUT2D eigenvalue weighted by Crippen LogP contribution is -2.63. The molecule has 6 fully saturated rings. The lowest BCUT2D eigenvalue weighted by molar-refractivity contribution is -0.182. The first-order valence-electron chi connectivity index (χ1n) is 35.1. The number of thiazole rings is 1. The average molecular weight is 1460 g/mol. The van der Waals surface area contributed by atoms with E-state index in [0.29, 0.717) is 80.2 Å². The molecule has 12 rings (SSSR count). The summed E-state index contributed by atoms with van der Waals surface area (Å²) in [7, 11) is -11.1. The Kier molecular flexibility index (Phi) is 22.8. The molecule has 3 saturated heterocycles. The zero-order valence-electron chi connectivity index (χ0n) is 58.5. The number of anilines is 2. The highest BCUT2D eigenvalue weighted by Gasteiger charge is 2.68. The number of carbonyl (C=O) groups is 4. The molecule has 2 bridgehead atoms. The summed E-state index contributed by atoms with van der Waals surface area (Å²) in [5.41, 5.74) is 3.20. The second-order valence-electron chi connectivity index (χ2n) is 30.4. The van der Waals surface area contributed by atoms with E-state index in [1.807, 2.05) is 87.0 Å². The Morgan fingerprint density at radius 3 is 2.12 bits per heavy atom. The minimum atomic E-state index is -6.16. The van der Waals surface area contributed by atoms with Crippen LogP contribution in [-0.4, -0.2) is 184 Å². The number of aromatic nitrogens is 1. The van der Waals surface area contributed by atoms with E-state index in [4.69, 9.17) is 0 Å². The number of allylic oxidation sites excluding steroid dienone is 1. The second kappa shape index (κ2) is 30.5. The van der Waals surface area contributed by atoms with E-state index >= 15 is 0 Å².